The Bertz CT molecular complexity index is 1010. The first-order chi connectivity index (χ1) is 13.6. The number of hydrogen-bond donors (Lipinski definition) is 1. The molecule has 2 amide bonds. The van der Waals surface area contributed by atoms with Gasteiger partial charge in [-0.2, -0.15) is 8.78 Å². The Balaban J connectivity index is 1.62. The summed E-state index contributed by atoms with van der Waals surface area (Å²) in [6.07, 6.45) is 3.16. The summed E-state index contributed by atoms with van der Waals surface area (Å²) in [5, 5.41) is 5.55. The van der Waals surface area contributed by atoms with Gasteiger partial charge in [-0.25, -0.2) is 4.79 Å². The van der Waals surface area contributed by atoms with Crippen molar-refractivity contribution in [3.63, 3.8) is 0 Å². The van der Waals surface area contributed by atoms with E-state index in [1.54, 1.807) is 29.5 Å². The van der Waals surface area contributed by atoms with Crippen LogP contribution in [0.5, 0.6) is 5.75 Å². The van der Waals surface area contributed by atoms with Gasteiger partial charge in [-0.1, -0.05) is 6.92 Å². The summed E-state index contributed by atoms with van der Waals surface area (Å²) in [5.41, 5.74) is 2.01. The third-order valence-electron chi connectivity index (χ3n) is 4.93. The number of hydrogen-bond acceptors (Lipinski definition) is 4. The van der Waals surface area contributed by atoms with Crippen molar-refractivity contribution in [2.75, 3.05) is 11.9 Å². The van der Waals surface area contributed by atoms with E-state index >= 15 is 0 Å². The van der Waals surface area contributed by atoms with Gasteiger partial charge in [0.05, 0.1) is 11.7 Å². The average molecular weight is 403 g/mol. The van der Waals surface area contributed by atoms with Crippen molar-refractivity contribution < 1.29 is 18.3 Å². The van der Waals surface area contributed by atoms with E-state index in [-0.39, 0.29) is 23.3 Å². The van der Waals surface area contributed by atoms with Crippen LogP contribution in [0.25, 0.3) is 10.9 Å². The molecule has 0 fully saturated rings. The lowest BCUT2D eigenvalue weighted by Crippen LogP contribution is -2.41. The molecule has 1 unspecified atom stereocenters. The molecular weight excluding hydrogens is 384 g/mol. The lowest BCUT2D eigenvalue weighted by Gasteiger charge is -2.35. The number of benzene rings is 1. The van der Waals surface area contributed by atoms with E-state index in [0.717, 1.165) is 12.8 Å². The molecule has 3 heterocycles. The van der Waals surface area contributed by atoms with Crippen LogP contribution in [0.2, 0.25) is 0 Å². The van der Waals surface area contributed by atoms with Crippen LogP contribution in [0.3, 0.4) is 0 Å². The van der Waals surface area contributed by atoms with E-state index in [0.29, 0.717) is 17.6 Å². The summed E-state index contributed by atoms with van der Waals surface area (Å²) >= 11 is 1.73. The van der Waals surface area contributed by atoms with Crippen LogP contribution < -0.4 is 10.1 Å². The Morgan fingerprint density at radius 3 is 3.04 bits per heavy atom. The maximum Gasteiger partial charge on any atom is 0.387 e. The van der Waals surface area contributed by atoms with Gasteiger partial charge in [0.15, 0.2) is 5.75 Å². The maximum absolute atomic E-state index is 13.0. The summed E-state index contributed by atoms with van der Waals surface area (Å²) in [5.74, 6) is -0.0177. The lowest BCUT2D eigenvalue weighted by molar-refractivity contribution is -0.0489. The van der Waals surface area contributed by atoms with E-state index in [1.165, 1.54) is 22.7 Å². The van der Waals surface area contributed by atoms with Crippen molar-refractivity contribution in [2.45, 2.75) is 32.4 Å². The van der Waals surface area contributed by atoms with Crippen LogP contribution in [0.15, 0.2) is 41.9 Å². The van der Waals surface area contributed by atoms with Crippen LogP contribution in [0, 0.1) is 0 Å². The van der Waals surface area contributed by atoms with Gasteiger partial charge in [-0.05, 0) is 54.1 Å². The minimum Gasteiger partial charge on any atom is -0.432 e. The third-order valence-corrected chi connectivity index (χ3v) is 5.93. The number of alkyl halides is 2. The molecule has 1 aliphatic heterocycles. The minimum atomic E-state index is -2.94. The molecule has 3 aromatic rings. The molecule has 0 saturated carbocycles. The number of aromatic nitrogens is 1. The van der Waals surface area contributed by atoms with Gasteiger partial charge in [0.1, 0.15) is 5.52 Å². The summed E-state index contributed by atoms with van der Waals surface area (Å²) in [6, 6.07) is 8.29. The smallest absolute Gasteiger partial charge is 0.387 e. The van der Waals surface area contributed by atoms with Crippen LogP contribution in [-0.2, 0) is 6.42 Å². The van der Waals surface area contributed by atoms with Crippen molar-refractivity contribution in [1.29, 1.82) is 0 Å². The number of rotatable bonds is 4. The number of thiophene rings is 1. The van der Waals surface area contributed by atoms with Crippen molar-refractivity contribution >= 4 is 34.0 Å². The number of nitrogens with zero attached hydrogens (tertiary/aromatic N) is 2. The van der Waals surface area contributed by atoms with Crippen LogP contribution in [0.1, 0.15) is 29.8 Å². The fraction of sp³-hybridized carbons (Fsp3) is 0.300. The van der Waals surface area contributed by atoms with Gasteiger partial charge in [0, 0.05) is 23.0 Å². The molecule has 1 aliphatic rings. The molecule has 0 bridgehead atoms. The zero-order valence-electron chi connectivity index (χ0n) is 15.2. The van der Waals surface area contributed by atoms with Crippen molar-refractivity contribution in [3.05, 3.63) is 52.3 Å². The summed E-state index contributed by atoms with van der Waals surface area (Å²) in [4.78, 5) is 20.3. The van der Waals surface area contributed by atoms with Gasteiger partial charge in [-0.3, -0.25) is 4.98 Å². The van der Waals surface area contributed by atoms with Crippen LogP contribution in [0.4, 0.5) is 19.3 Å². The monoisotopic (exact) mass is 403 g/mol. The fourth-order valence-electron chi connectivity index (χ4n) is 3.71. The Labute approximate surface area is 164 Å². The predicted octanol–water partition coefficient (Wildman–Crippen LogP) is 5.44. The number of anilines is 1. The van der Waals surface area contributed by atoms with E-state index in [9.17, 15) is 13.6 Å². The number of carbonyl (C=O) groups is 1. The highest BCUT2D eigenvalue weighted by atomic mass is 32.1. The topological polar surface area (TPSA) is 54.5 Å². The summed E-state index contributed by atoms with van der Waals surface area (Å²) in [6.45, 7) is -0.238. The second kappa shape index (κ2) is 7.71. The molecule has 1 aromatic carbocycles. The highest BCUT2D eigenvalue weighted by Gasteiger charge is 2.30. The van der Waals surface area contributed by atoms with Crippen molar-refractivity contribution in [3.8, 4) is 5.75 Å². The van der Waals surface area contributed by atoms with Crippen LogP contribution in [-0.4, -0.2) is 29.1 Å². The third kappa shape index (κ3) is 3.40. The molecule has 1 N–H and O–H groups in total. The van der Waals surface area contributed by atoms with Gasteiger partial charge >= 0.3 is 12.6 Å². The number of nitrogens with one attached hydrogen (secondary N) is 1. The first kappa shape index (κ1) is 18.6. The van der Waals surface area contributed by atoms with E-state index in [2.05, 4.69) is 33.4 Å². The first-order valence-corrected chi connectivity index (χ1v) is 9.93. The maximum atomic E-state index is 13.0. The first-order valence-electron chi connectivity index (χ1n) is 9.05. The number of halogens is 2. The second-order valence-corrected chi connectivity index (χ2v) is 7.49. The molecule has 0 saturated heterocycles. The molecule has 4 rings (SSSR count). The highest BCUT2D eigenvalue weighted by molar-refractivity contribution is 7.10. The number of ether oxygens (including phenoxy) is 1. The second-order valence-electron chi connectivity index (χ2n) is 6.49. The SMILES string of the molecule is CCC1c2ccsc2CCN1C(=O)Nc1ccc(OC(F)F)c2ncccc12. The lowest BCUT2D eigenvalue weighted by atomic mass is 9.98. The number of carbonyl (C=O) groups excluding carboxylic acids is 1. The number of pyridine rings is 1. The zero-order valence-corrected chi connectivity index (χ0v) is 16.0. The molecule has 28 heavy (non-hydrogen) atoms. The molecule has 0 spiro atoms. The molecule has 0 radical (unpaired) electrons. The Morgan fingerprint density at radius 1 is 1.39 bits per heavy atom. The van der Waals surface area contributed by atoms with Crippen LogP contribution >= 0.6 is 11.3 Å². The Kier molecular flexibility index (Phi) is 5.13. The Morgan fingerprint density at radius 2 is 2.25 bits per heavy atom. The Hall–Kier alpha value is -2.74. The summed E-state index contributed by atoms with van der Waals surface area (Å²) < 4.78 is 29.9. The van der Waals surface area contributed by atoms with Gasteiger partial charge in [0.25, 0.3) is 0 Å². The molecule has 5 nitrogen and oxygen atoms in total. The predicted molar refractivity (Wildman–Crippen MR) is 105 cm³/mol. The zero-order chi connectivity index (χ0) is 19.7. The van der Waals surface area contributed by atoms with E-state index in [1.807, 2.05) is 4.90 Å². The van der Waals surface area contributed by atoms with E-state index < -0.39 is 6.61 Å². The molecular formula is C20H19F2N3O2S. The van der Waals surface area contributed by atoms with Gasteiger partial charge in [-0.15, -0.1) is 11.3 Å². The quantitative estimate of drug-likeness (QED) is 0.631. The van der Waals surface area contributed by atoms with Gasteiger partial charge in [0.2, 0.25) is 0 Å². The standard InChI is InChI=1S/C20H19F2N3O2S/c1-2-15-13-8-11-28-17(13)7-10-25(15)20(26)24-14-5-6-16(27-19(21)22)18-12(14)4-3-9-23-18/h3-6,8-9,11,15,19H,2,7,10H2,1H3,(H,24,26). The molecule has 2 aromatic heterocycles. The molecule has 146 valence electrons. The molecule has 8 heteroatoms. The fourth-order valence-corrected chi connectivity index (χ4v) is 4.64. The van der Waals surface area contributed by atoms with Gasteiger partial charge < -0.3 is 15.0 Å². The van der Waals surface area contributed by atoms with Crippen molar-refractivity contribution in [1.82, 2.24) is 9.88 Å². The normalized spacial score (nSPS) is 16.3. The summed E-state index contributed by atoms with van der Waals surface area (Å²) in [7, 11) is 0. The largest absolute Gasteiger partial charge is 0.432 e. The number of amides is 2. The average Bonchev–Trinajstić information content (AvgIpc) is 3.17. The van der Waals surface area contributed by atoms with E-state index in [4.69, 9.17) is 0 Å². The molecule has 1 atom stereocenters. The molecule has 0 aliphatic carbocycles. The minimum absolute atomic E-state index is 0.0177. The van der Waals surface area contributed by atoms with Crippen molar-refractivity contribution in [2.24, 2.45) is 0 Å². The number of fused-ring (bicyclic) bond motifs is 2. The number of urea groups is 1. The highest BCUT2D eigenvalue weighted by Crippen LogP contribution is 2.36.